The molecule has 0 atom stereocenters. The van der Waals surface area contributed by atoms with Crippen LogP contribution in [0.3, 0.4) is 0 Å². The molecule has 0 unspecified atom stereocenters. The molecule has 0 amide bonds. The third-order valence-corrected chi connectivity index (χ3v) is 5.19. The van der Waals surface area contributed by atoms with Gasteiger partial charge < -0.3 is 4.90 Å². The second kappa shape index (κ2) is 8.50. The van der Waals surface area contributed by atoms with Crippen molar-refractivity contribution in [3.05, 3.63) is 70.2 Å². The molecule has 4 heteroatoms. The van der Waals surface area contributed by atoms with Gasteiger partial charge in [0.1, 0.15) is 6.54 Å². The number of rotatable bonds is 5. The smallest absolute Gasteiger partial charge is 0.104 e. The Bertz CT molecular complexity index is 701. The second-order valence-corrected chi connectivity index (χ2v) is 7.44. The number of halogens is 1. The molecule has 0 aromatic heterocycles. The Hall–Kier alpha value is -1.84. The summed E-state index contributed by atoms with van der Waals surface area (Å²) in [4.78, 5) is 1.57. The van der Waals surface area contributed by atoms with Gasteiger partial charge in [0.2, 0.25) is 0 Å². The molecule has 0 bridgehead atoms. The molecule has 0 radical (unpaired) electrons. The summed E-state index contributed by atoms with van der Waals surface area (Å²) >= 11 is 6.27. The Labute approximate surface area is 155 Å². The molecule has 2 aromatic carbocycles. The SMILES string of the molecule is CC(C)c1ccc(C=NN2CC[NH+](Cc3ccccc3Cl)CC2)cc1. The van der Waals surface area contributed by atoms with E-state index in [1.165, 1.54) is 11.1 Å². The molecule has 1 heterocycles. The highest BCUT2D eigenvalue weighted by Crippen LogP contribution is 2.14. The van der Waals surface area contributed by atoms with E-state index < -0.39 is 0 Å². The molecule has 1 fully saturated rings. The number of nitrogens with zero attached hydrogens (tertiary/aromatic N) is 2. The largest absolute Gasteiger partial charge is 0.328 e. The highest BCUT2D eigenvalue weighted by molar-refractivity contribution is 6.31. The van der Waals surface area contributed by atoms with Gasteiger partial charge in [0.25, 0.3) is 0 Å². The molecule has 25 heavy (non-hydrogen) atoms. The minimum absolute atomic E-state index is 0.570. The lowest BCUT2D eigenvalue weighted by Crippen LogP contribution is -3.13. The summed E-state index contributed by atoms with van der Waals surface area (Å²) < 4.78 is 0. The van der Waals surface area contributed by atoms with E-state index in [1.807, 2.05) is 18.3 Å². The number of nitrogens with one attached hydrogen (secondary N) is 1. The van der Waals surface area contributed by atoms with Gasteiger partial charge in [-0.2, -0.15) is 5.10 Å². The molecule has 0 saturated carbocycles. The zero-order valence-corrected chi connectivity index (χ0v) is 15.8. The zero-order chi connectivity index (χ0) is 17.6. The fourth-order valence-electron chi connectivity index (χ4n) is 3.13. The van der Waals surface area contributed by atoms with Crippen molar-refractivity contribution in [2.24, 2.45) is 5.10 Å². The van der Waals surface area contributed by atoms with Crippen molar-refractivity contribution in [2.45, 2.75) is 26.3 Å². The molecule has 132 valence electrons. The van der Waals surface area contributed by atoms with E-state index in [1.54, 1.807) is 4.90 Å². The fourth-order valence-corrected chi connectivity index (χ4v) is 3.33. The molecule has 1 aliphatic rings. The maximum atomic E-state index is 6.27. The topological polar surface area (TPSA) is 20.0 Å². The Morgan fingerprint density at radius 2 is 1.76 bits per heavy atom. The van der Waals surface area contributed by atoms with Crippen LogP contribution in [0.15, 0.2) is 53.6 Å². The highest BCUT2D eigenvalue weighted by Gasteiger charge is 2.19. The summed E-state index contributed by atoms with van der Waals surface area (Å²) in [6.45, 7) is 9.58. The van der Waals surface area contributed by atoms with Crippen LogP contribution in [0.25, 0.3) is 0 Å². The van der Waals surface area contributed by atoms with Crippen molar-refractivity contribution < 1.29 is 4.90 Å². The van der Waals surface area contributed by atoms with Gasteiger partial charge in [-0.05, 0) is 23.1 Å². The van der Waals surface area contributed by atoms with E-state index in [0.29, 0.717) is 5.92 Å². The molecular weight excluding hydrogens is 330 g/mol. The predicted molar refractivity (Wildman–Crippen MR) is 106 cm³/mol. The average Bonchev–Trinajstić information content (AvgIpc) is 2.63. The molecule has 1 saturated heterocycles. The Morgan fingerprint density at radius 1 is 1.08 bits per heavy atom. The van der Waals surface area contributed by atoms with Crippen molar-refractivity contribution in [3.8, 4) is 0 Å². The van der Waals surface area contributed by atoms with Crippen molar-refractivity contribution in [2.75, 3.05) is 26.2 Å². The van der Waals surface area contributed by atoms with Gasteiger partial charge >= 0.3 is 0 Å². The average molecular weight is 357 g/mol. The van der Waals surface area contributed by atoms with Gasteiger partial charge in [0.05, 0.1) is 32.4 Å². The van der Waals surface area contributed by atoms with Crippen LogP contribution in [-0.2, 0) is 6.54 Å². The summed E-state index contributed by atoms with van der Waals surface area (Å²) in [6.07, 6.45) is 1.98. The molecule has 3 nitrogen and oxygen atoms in total. The molecule has 0 aliphatic carbocycles. The third kappa shape index (κ3) is 5.07. The van der Waals surface area contributed by atoms with Crippen LogP contribution in [0.1, 0.15) is 36.5 Å². The van der Waals surface area contributed by atoms with Crippen LogP contribution in [-0.4, -0.2) is 37.4 Å². The van der Waals surface area contributed by atoms with Gasteiger partial charge in [-0.15, -0.1) is 0 Å². The van der Waals surface area contributed by atoms with E-state index in [0.717, 1.165) is 43.3 Å². The highest BCUT2D eigenvalue weighted by atomic mass is 35.5. The van der Waals surface area contributed by atoms with E-state index in [9.17, 15) is 0 Å². The lowest BCUT2D eigenvalue weighted by molar-refractivity contribution is -0.918. The first kappa shape index (κ1) is 18.0. The van der Waals surface area contributed by atoms with Crippen molar-refractivity contribution >= 4 is 17.8 Å². The Morgan fingerprint density at radius 3 is 2.40 bits per heavy atom. The first-order valence-corrected chi connectivity index (χ1v) is 9.45. The van der Waals surface area contributed by atoms with Crippen molar-refractivity contribution in [1.82, 2.24) is 5.01 Å². The maximum absolute atomic E-state index is 6.27. The number of piperazine rings is 1. The lowest BCUT2D eigenvalue weighted by Gasteiger charge is -2.30. The molecule has 1 aliphatic heterocycles. The van der Waals surface area contributed by atoms with Gasteiger partial charge in [0, 0.05) is 10.6 Å². The van der Waals surface area contributed by atoms with E-state index in [2.05, 4.69) is 60.4 Å². The molecule has 2 aromatic rings. The minimum Gasteiger partial charge on any atom is -0.328 e. The predicted octanol–water partition coefficient (Wildman–Crippen LogP) is 3.20. The molecular formula is C21H27ClN3+. The van der Waals surface area contributed by atoms with Crippen molar-refractivity contribution in [1.29, 1.82) is 0 Å². The van der Waals surface area contributed by atoms with Gasteiger partial charge in [-0.1, -0.05) is 67.9 Å². The van der Waals surface area contributed by atoms with E-state index >= 15 is 0 Å². The van der Waals surface area contributed by atoms with Crippen LogP contribution < -0.4 is 4.90 Å². The standard InChI is InChI=1S/C21H26ClN3/c1-17(2)19-9-7-18(8-10-19)15-23-25-13-11-24(12-14-25)16-20-5-3-4-6-21(20)22/h3-10,15,17H,11-14,16H2,1-2H3/p+1. The quantitative estimate of drug-likeness (QED) is 0.816. The lowest BCUT2D eigenvalue weighted by atomic mass is 10.0. The number of quaternary nitrogens is 1. The number of hydrogen-bond acceptors (Lipinski definition) is 2. The third-order valence-electron chi connectivity index (χ3n) is 4.82. The monoisotopic (exact) mass is 356 g/mol. The van der Waals surface area contributed by atoms with Crippen LogP contribution in [0.2, 0.25) is 5.02 Å². The van der Waals surface area contributed by atoms with Crippen LogP contribution >= 0.6 is 11.6 Å². The number of benzene rings is 2. The number of hydrogen-bond donors (Lipinski definition) is 1. The Kier molecular flexibility index (Phi) is 6.11. The van der Waals surface area contributed by atoms with E-state index in [-0.39, 0.29) is 0 Å². The summed E-state index contributed by atoms with van der Waals surface area (Å²) in [5.41, 5.74) is 3.77. The molecule has 0 spiro atoms. The summed E-state index contributed by atoms with van der Waals surface area (Å²) in [5, 5.41) is 7.70. The summed E-state index contributed by atoms with van der Waals surface area (Å²) in [5.74, 6) is 0.570. The zero-order valence-electron chi connectivity index (χ0n) is 15.1. The minimum atomic E-state index is 0.570. The van der Waals surface area contributed by atoms with Crippen molar-refractivity contribution in [3.63, 3.8) is 0 Å². The normalized spacial score (nSPS) is 16.1. The molecule has 3 rings (SSSR count). The van der Waals surface area contributed by atoms with Gasteiger partial charge in [-0.3, -0.25) is 5.01 Å². The molecule has 1 N–H and O–H groups in total. The fraction of sp³-hybridized carbons (Fsp3) is 0.381. The second-order valence-electron chi connectivity index (χ2n) is 7.04. The van der Waals surface area contributed by atoms with Gasteiger partial charge in [-0.25, -0.2) is 0 Å². The summed E-state index contributed by atoms with van der Waals surface area (Å²) in [7, 11) is 0. The Balaban J connectivity index is 1.49. The first-order chi connectivity index (χ1) is 12.1. The van der Waals surface area contributed by atoms with Crippen LogP contribution in [0, 0.1) is 0 Å². The van der Waals surface area contributed by atoms with Gasteiger partial charge in [0.15, 0.2) is 0 Å². The van der Waals surface area contributed by atoms with Crippen LogP contribution in [0.5, 0.6) is 0 Å². The van der Waals surface area contributed by atoms with Crippen LogP contribution in [0.4, 0.5) is 0 Å². The number of hydrazone groups is 1. The van der Waals surface area contributed by atoms with E-state index in [4.69, 9.17) is 11.6 Å². The maximum Gasteiger partial charge on any atom is 0.104 e. The summed E-state index contributed by atoms with van der Waals surface area (Å²) in [6, 6.07) is 16.8. The first-order valence-electron chi connectivity index (χ1n) is 9.07.